The van der Waals surface area contributed by atoms with E-state index in [0.29, 0.717) is 30.9 Å². The normalized spacial score (nSPS) is 14.9. The number of hydrogen-bond acceptors (Lipinski definition) is 6. The first kappa shape index (κ1) is 35.9. The van der Waals surface area contributed by atoms with Crippen LogP contribution in [0.25, 0.3) is 0 Å². The molecule has 0 aliphatic carbocycles. The van der Waals surface area contributed by atoms with Gasteiger partial charge in [0.2, 0.25) is 11.8 Å². The first-order valence-electron chi connectivity index (χ1n) is 15.8. The zero-order chi connectivity index (χ0) is 31.8. The smallest absolute Gasteiger partial charge is 0.253 e. The van der Waals surface area contributed by atoms with Gasteiger partial charge in [-0.3, -0.25) is 19.4 Å². The summed E-state index contributed by atoms with van der Waals surface area (Å²) in [5.74, 6) is -1.63. The highest BCUT2D eigenvalue weighted by atomic mass is 16.3. The van der Waals surface area contributed by atoms with E-state index in [1.807, 2.05) is 44.2 Å². The molecule has 1 heterocycles. The molecule has 43 heavy (non-hydrogen) atoms. The molecule has 0 saturated carbocycles. The number of benzene rings is 1. The average Bonchev–Trinajstić information content (AvgIpc) is 3.01. The molecule has 5 N–H and O–H groups in total. The van der Waals surface area contributed by atoms with E-state index in [2.05, 4.69) is 34.8 Å². The Morgan fingerprint density at radius 3 is 2.07 bits per heavy atom. The van der Waals surface area contributed by atoms with Crippen molar-refractivity contribution in [3.8, 4) is 0 Å². The van der Waals surface area contributed by atoms with Gasteiger partial charge in [-0.05, 0) is 48.8 Å². The second-order valence-corrected chi connectivity index (χ2v) is 12.0. The van der Waals surface area contributed by atoms with E-state index in [-0.39, 0.29) is 5.92 Å². The van der Waals surface area contributed by atoms with Crippen molar-refractivity contribution < 1.29 is 24.6 Å². The van der Waals surface area contributed by atoms with Crippen molar-refractivity contribution in [2.75, 3.05) is 0 Å². The first-order valence-corrected chi connectivity index (χ1v) is 15.8. The minimum atomic E-state index is -1.42. The van der Waals surface area contributed by atoms with Crippen LogP contribution in [-0.2, 0) is 16.1 Å². The van der Waals surface area contributed by atoms with Gasteiger partial charge < -0.3 is 26.2 Å². The highest BCUT2D eigenvalue weighted by Gasteiger charge is 2.36. The van der Waals surface area contributed by atoms with Gasteiger partial charge in [0.25, 0.3) is 5.91 Å². The lowest BCUT2D eigenvalue weighted by Crippen LogP contribution is -2.56. The van der Waals surface area contributed by atoms with Gasteiger partial charge in [-0.25, -0.2) is 0 Å². The number of aliphatic hydroxyl groups is 2. The fraction of sp³-hybridized carbons (Fsp3) is 0.588. The summed E-state index contributed by atoms with van der Waals surface area (Å²) in [6.45, 7) is 10.0. The standard InChI is InChI=1S/C34H52N4O5/c1-6-12-25(13-7-2)17-18-28(37-33(42)27-16-11-19-35-22-27)34(43)38-29(20-23(3)4)31(40)30(39)24(5)32(41)36-21-26-14-9-8-10-15-26/h8-11,14-16,19,22-25,28-31,39-40H,6-7,12-13,17-18,20-21H2,1-5H3,(H,36,41)(H,37,42)(H,38,43)/t24-,28?,29+,30-,31-/m1/s1. The summed E-state index contributed by atoms with van der Waals surface area (Å²) in [7, 11) is 0. The van der Waals surface area contributed by atoms with Crippen LogP contribution in [0.15, 0.2) is 54.9 Å². The summed E-state index contributed by atoms with van der Waals surface area (Å²) >= 11 is 0. The van der Waals surface area contributed by atoms with Gasteiger partial charge in [-0.15, -0.1) is 0 Å². The fourth-order valence-electron chi connectivity index (χ4n) is 5.37. The van der Waals surface area contributed by atoms with Crippen LogP contribution in [0, 0.1) is 17.8 Å². The van der Waals surface area contributed by atoms with Gasteiger partial charge in [-0.2, -0.15) is 0 Å². The summed E-state index contributed by atoms with van der Waals surface area (Å²) in [6, 6.07) is 11.1. The molecule has 0 radical (unpaired) electrons. The molecule has 2 aromatic rings. The Morgan fingerprint density at radius 1 is 0.814 bits per heavy atom. The topological polar surface area (TPSA) is 141 Å². The summed E-state index contributed by atoms with van der Waals surface area (Å²) < 4.78 is 0. The van der Waals surface area contributed by atoms with Crippen molar-refractivity contribution in [1.29, 1.82) is 0 Å². The molecule has 0 aliphatic heterocycles. The summed E-state index contributed by atoms with van der Waals surface area (Å²) in [6.07, 6.45) is 5.98. The van der Waals surface area contributed by atoms with Gasteiger partial charge in [0.1, 0.15) is 12.1 Å². The lowest BCUT2D eigenvalue weighted by molar-refractivity contribution is -0.133. The lowest BCUT2D eigenvalue weighted by atomic mass is 9.89. The molecule has 1 aromatic heterocycles. The van der Waals surface area contributed by atoms with Crippen molar-refractivity contribution >= 4 is 17.7 Å². The fourth-order valence-corrected chi connectivity index (χ4v) is 5.37. The third-order valence-corrected chi connectivity index (χ3v) is 7.85. The number of nitrogens with zero attached hydrogens (tertiary/aromatic N) is 1. The predicted molar refractivity (Wildman–Crippen MR) is 169 cm³/mol. The maximum Gasteiger partial charge on any atom is 0.253 e. The second kappa shape index (κ2) is 19.1. The Balaban J connectivity index is 2.16. The third kappa shape index (κ3) is 12.5. The number of pyridine rings is 1. The van der Waals surface area contributed by atoms with E-state index in [4.69, 9.17) is 0 Å². The Bertz CT molecular complexity index is 1090. The number of aromatic nitrogens is 1. The number of aliphatic hydroxyl groups excluding tert-OH is 2. The predicted octanol–water partition coefficient (Wildman–Crippen LogP) is 4.38. The quantitative estimate of drug-likeness (QED) is 0.163. The van der Waals surface area contributed by atoms with E-state index in [1.165, 1.54) is 6.20 Å². The van der Waals surface area contributed by atoms with Crippen LogP contribution in [0.3, 0.4) is 0 Å². The molecular formula is C34H52N4O5. The molecule has 1 aromatic carbocycles. The minimum absolute atomic E-state index is 0.0799. The van der Waals surface area contributed by atoms with Gasteiger partial charge in [0.05, 0.1) is 23.6 Å². The molecule has 238 valence electrons. The molecule has 2 rings (SSSR count). The number of hydrogen-bond donors (Lipinski definition) is 5. The number of amides is 3. The molecule has 0 saturated heterocycles. The zero-order valence-corrected chi connectivity index (χ0v) is 26.5. The summed E-state index contributed by atoms with van der Waals surface area (Å²) in [5.41, 5.74) is 1.27. The monoisotopic (exact) mass is 596 g/mol. The van der Waals surface area contributed by atoms with Gasteiger partial charge in [0.15, 0.2) is 0 Å². The van der Waals surface area contributed by atoms with E-state index in [9.17, 15) is 24.6 Å². The largest absolute Gasteiger partial charge is 0.390 e. The SMILES string of the molecule is CCCC(CCC)CCC(NC(=O)c1cccnc1)C(=O)N[C@@H](CC(C)C)[C@@H](O)[C@H](O)[C@@H](C)C(=O)NCc1ccccc1. The summed E-state index contributed by atoms with van der Waals surface area (Å²) in [4.78, 5) is 43.6. The van der Waals surface area contributed by atoms with Crippen LogP contribution in [0.5, 0.6) is 0 Å². The van der Waals surface area contributed by atoms with Crippen LogP contribution in [0.1, 0.15) is 95.5 Å². The van der Waals surface area contributed by atoms with Crippen molar-refractivity contribution in [3.05, 3.63) is 66.0 Å². The van der Waals surface area contributed by atoms with E-state index < -0.39 is 47.9 Å². The third-order valence-electron chi connectivity index (χ3n) is 7.85. The lowest BCUT2D eigenvalue weighted by Gasteiger charge is -2.32. The highest BCUT2D eigenvalue weighted by Crippen LogP contribution is 2.22. The highest BCUT2D eigenvalue weighted by molar-refractivity contribution is 5.97. The molecule has 0 aliphatic rings. The molecule has 9 nitrogen and oxygen atoms in total. The zero-order valence-electron chi connectivity index (χ0n) is 26.5. The molecule has 1 unspecified atom stereocenters. The maximum atomic E-state index is 13.7. The van der Waals surface area contributed by atoms with Crippen LogP contribution in [0.2, 0.25) is 0 Å². The number of carbonyl (C=O) groups is 3. The Labute approximate surface area is 257 Å². The molecule has 0 bridgehead atoms. The molecule has 0 fully saturated rings. The molecule has 5 atom stereocenters. The van der Waals surface area contributed by atoms with Crippen molar-refractivity contribution in [1.82, 2.24) is 20.9 Å². The number of rotatable bonds is 19. The Morgan fingerprint density at radius 2 is 1.49 bits per heavy atom. The van der Waals surface area contributed by atoms with Crippen LogP contribution < -0.4 is 16.0 Å². The van der Waals surface area contributed by atoms with Gasteiger partial charge in [-0.1, -0.05) is 90.6 Å². The number of nitrogens with one attached hydrogen (secondary N) is 3. The van der Waals surface area contributed by atoms with Crippen LogP contribution in [-0.4, -0.2) is 57.2 Å². The molecule has 0 spiro atoms. The van der Waals surface area contributed by atoms with Crippen molar-refractivity contribution in [2.24, 2.45) is 17.8 Å². The van der Waals surface area contributed by atoms with E-state index >= 15 is 0 Å². The number of carbonyl (C=O) groups excluding carboxylic acids is 3. The summed E-state index contributed by atoms with van der Waals surface area (Å²) in [5, 5.41) is 30.9. The second-order valence-electron chi connectivity index (χ2n) is 12.0. The van der Waals surface area contributed by atoms with Crippen LogP contribution in [0.4, 0.5) is 0 Å². The van der Waals surface area contributed by atoms with Crippen LogP contribution >= 0.6 is 0 Å². The maximum absolute atomic E-state index is 13.7. The van der Waals surface area contributed by atoms with Gasteiger partial charge in [0, 0.05) is 18.9 Å². The molecule has 3 amide bonds. The molecular weight excluding hydrogens is 544 g/mol. The van der Waals surface area contributed by atoms with E-state index in [0.717, 1.165) is 37.7 Å². The van der Waals surface area contributed by atoms with Crippen molar-refractivity contribution in [3.63, 3.8) is 0 Å². The minimum Gasteiger partial charge on any atom is -0.390 e. The van der Waals surface area contributed by atoms with Crippen molar-refractivity contribution in [2.45, 2.75) is 110 Å². The molecule has 9 heteroatoms. The van der Waals surface area contributed by atoms with Gasteiger partial charge >= 0.3 is 0 Å². The average molecular weight is 597 g/mol. The first-order chi connectivity index (χ1) is 20.6. The Hall–Kier alpha value is -3.30. The Kier molecular flexibility index (Phi) is 15.9. The van der Waals surface area contributed by atoms with E-state index in [1.54, 1.807) is 25.3 Å².